The minimum absolute atomic E-state index is 0.767. The Balaban J connectivity index is 2.16. The molecule has 3 nitrogen and oxygen atoms in total. The predicted molar refractivity (Wildman–Crippen MR) is 53.8 cm³/mol. The van der Waals surface area contributed by atoms with Crippen LogP contribution in [0.5, 0.6) is 0 Å². The molecule has 1 heterocycles. The maximum Gasteiger partial charge on any atom is 0.116 e. The van der Waals surface area contributed by atoms with E-state index in [0.717, 1.165) is 18.1 Å². The van der Waals surface area contributed by atoms with E-state index in [1.807, 2.05) is 30.1 Å². The largest absolute Gasteiger partial charge is 0.384 e. The predicted octanol–water partition coefficient (Wildman–Crippen LogP) is 1.20. The van der Waals surface area contributed by atoms with E-state index in [-0.39, 0.29) is 0 Å². The third kappa shape index (κ3) is 1.45. The molecule has 0 amide bonds. The van der Waals surface area contributed by atoms with Gasteiger partial charge in [-0.2, -0.15) is 0 Å². The molecule has 0 bridgehead atoms. The van der Waals surface area contributed by atoms with Crippen molar-refractivity contribution in [3.05, 3.63) is 41.7 Å². The van der Waals surface area contributed by atoms with E-state index in [9.17, 15) is 0 Å². The molecule has 2 rings (SSSR count). The number of hydrazine groups is 1. The Morgan fingerprint density at radius 1 is 1.31 bits per heavy atom. The molecule has 3 N–H and O–H groups in total. The minimum Gasteiger partial charge on any atom is -0.384 e. The van der Waals surface area contributed by atoms with Crippen LogP contribution in [0.3, 0.4) is 0 Å². The minimum atomic E-state index is 0.767. The van der Waals surface area contributed by atoms with Gasteiger partial charge in [-0.3, -0.25) is 10.4 Å². The summed E-state index contributed by atoms with van der Waals surface area (Å²) in [5, 5.41) is 2.03. The third-order valence-electron chi connectivity index (χ3n) is 2.18. The van der Waals surface area contributed by atoms with Gasteiger partial charge in [0.05, 0.1) is 12.2 Å². The molecule has 0 spiro atoms. The molecule has 0 saturated heterocycles. The first-order valence-corrected chi connectivity index (χ1v) is 4.32. The van der Waals surface area contributed by atoms with Crippen LogP contribution in [0, 0.1) is 0 Å². The Morgan fingerprint density at radius 2 is 2.00 bits per heavy atom. The van der Waals surface area contributed by atoms with Crippen LogP contribution in [-0.2, 0) is 0 Å². The highest BCUT2D eigenvalue weighted by molar-refractivity contribution is 5.48. The fourth-order valence-corrected chi connectivity index (χ4v) is 1.37. The maximum atomic E-state index is 5.73. The first kappa shape index (κ1) is 7.98. The molecule has 0 saturated carbocycles. The van der Waals surface area contributed by atoms with Gasteiger partial charge in [0.2, 0.25) is 0 Å². The molecular weight excluding hydrogens is 162 g/mol. The number of nitrogens with two attached hydrogens (primary N) is 1. The quantitative estimate of drug-likeness (QED) is 0.674. The molecule has 1 aliphatic heterocycles. The lowest BCUT2D eigenvalue weighted by Gasteiger charge is -2.18. The Labute approximate surface area is 77.8 Å². The van der Waals surface area contributed by atoms with Crippen molar-refractivity contribution in [1.29, 1.82) is 0 Å². The van der Waals surface area contributed by atoms with Gasteiger partial charge in [-0.05, 0) is 24.6 Å². The molecule has 0 atom stereocenters. The number of benzene rings is 1. The van der Waals surface area contributed by atoms with Gasteiger partial charge < -0.3 is 5.73 Å². The smallest absolute Gasteiger partial charge is 0.116 e. The highest BCUT2D eigenvalue weighted by Gasteiger charge is 2.15. The van der Waals surface area contributed by atoms with E-state index in [2.05, 4.69) is 17.6 Å². The summed E-state index contributed by atoms with van der Waals surface area (Å²) in [7, 11) is 0. The molecule has 13 heavy (non-hydrogen) atoms. The molecular formula is C10H13N3. The second-order valence-corrected chi connectivity index (χ2v) is 3.23. The maximum absolute atomic E-state index is 5.73. The summed E-state index contributed by atoms with van der Waals surface area (Å²) in [6, 6.07) is 10.1. The Hall–Kier alpha value is -1.64. The van der Waals surface area contributed by atoms with Crippen LogP contribution in [0.4, 0.5) is 5.69 Å². The van der Waals surface area contributed by atoms with Crippen LogP contribution in [0.2, 0.25) is 0 Å². The van der Waals surface area contributed by atoms with Gasteiger partial charge >= 0.3 is 0 Å². The fraction of sp³-hybridized carbons (Fsp3) is 0.200. The molecule has 0 radical (unpaired) electrons. The number of rotatable bonds is 1. The number of nitrogens with one attached hydrogen (secondary N) is 1. The fourth-order valence-electron chi connectivity index (χ4n) is 1.37. The highest BCUT2D eigenvalue weighted by Crippen LogP contribution is 2.17. The topological polar surface area (TPSA) is 41.3 Å². The van der Waals surface area contributed by atoms with Gasteiger partial charge in [0.1, 0.15) is 5.82 Å². The molecule has 68 valence electrons. The first-order valence-electron chi connectivity index (χ1n) is 4.32. The van der Waals surface area contributed by atoms with E-state index in [1.165, 1.54) is 5.57 Å². The molecule has 0 fully saturated rings. The van der Waals surface area contributed by atoms with Crippen LogP contribution in [0.15, 0.2) is 41.7 Å². The van der Waals surface area contributed by atoms with Crippen LogP contribution < -0.4 is 16.2 Å². The van der Waals surface area contributed by atoms with Gasteiger partial charge in [0.25, 0.3) is 0 Å². The van der Waals surface area contributed by atoms with Crippen molar-refractivity contribution in [2.24, 2.45) is 5.73 Å². The molecule has 1 aromatic rings. The zero-order valence-corrected chi connectivity index (χ0v) is 7.62. The van der Waals surface area contributed by atoms with Gasteiger partial charge in [0.15, 0.2) is 0 Å². The Bertz CT molecular complexity index is 315. The van der Waals surface area contributed by atoms with Crippen LogP contribution in [0.1, 0.15) is 6.92 Å². The summed E-state index contributed by atoms with van der Waals surface area (Å²) in [4.78, 5) is 0. The lowest BCUT2D eigenvalue weighted by Crippen LogP contribution is -2.33. The third-order valence-corrected chi connectivity index (χ3v) is 2.18. The molecule has 0 aliphatic carbocycles. The van der Waals surface area contributed by atoms with E-state index in [1.54, 1.807) is 0 Å². The van der Waals surface area contributed by atoms with Gasteiger partial charge in [0, 0.05) is 0 Å². The number of hydrogen-bond donors (Lipinski definition) is 2. The first-order chi connectivity index (χ1) is 6.27. The van der Waals surface area contributed by atoms with Crippen LogP contribution in [0.25, 0.3) is 0 Å². The zero-order chi connectivity index (χ0) is 9.26. The van der Waals surface area contributed by atoms with E-state index in [0.29, 0.717) is 0 Å². The Morgan fingerprint density at radius 3 is 2.54 bits per heavy atom. The standard InChI is InChI=1S/C10H13N3/c1-8-7-13(12-10(8)11)9-5-3-2-4-6-9/h2-6,12H,7,11H2,1H3. The van der Waals surface area contributed by atoms with E-state index in [4.69, 9.17) is 5.73 Å². The second-order valence-electron chi connectivity index (χ2n) is 3.23. The number of nitrogens with zero attached hydrogens (tertiary/aromatic N) is 1. The summed E-state index contributed by atoms with van der Waals surface area (Å²) in [6.45, 7) is 2.89. The van der Waals surface area contributed by atoms with Crippen molar-refractivity contribution < 1.29 is 0 Å². The summed E-state index contributed by atoms with van der Waals surface area (Å²) in [6.07, 6.45) is 0. The van der Waals surface area contributed by atoms with Crippen molar-refractivity contribution in [3.63, 3.8) is 0 Å². The molecule has 1 aromatic carbocycles. The average molecular weight is 175 g/mol. The van der Waals surface area contributed by atoms with Gasteiger partial charge in [-0.15, -0.1) is 0 Å². The number of anilines is 1. The van der Waals surface area contributed by atoms with Gasteiger partial charge in [-0.1, -0.05) is 18.2 Å². The zero-order valence-electron chi connectivity index (χ0n) is 7.62. The van der Waals surface area contributed by atoms with Crippen LogP contribution in [-0.4, -0.2) is 6.54 Å². The summed E-state index contributed by atoms with van der Waals surface area (Å²) < 4.78 is 0. The molecule has 1 aliphatic rings. The highest BCUT2D eigenvalue weighted by atomic mass is 15.5. The van der Waals surface area contributed by atoms with Gasteiger partial charge in [-0.25, -0.2) is 0 Å². The summed E-state index contributed by atoms with van der Waals surface area (Å²) in [5.74, 6) is 0.767. The second kappa shape index (κ2) is 3.01. The SMILES string of the molecule is CC1=C(N)NN(c2ccccc2)C1. The van der Waals surface area contributed by atoms with Crippen molar-refractivity contribution >= 4 is 5.69 Å². The van der Waals surface area contributed by atoms with E-state index >= 15 is 0 Å². The number of para-hydroxylation sites is 1. The summed E-state index contributed by atoms with van der Waals surface area (Å²) in [5.41, 5.74) is 11.2. The van der Waals surface area contributed by atoms with Crippen molar-refractivity contribution in [2.45, 2.75) is 6.92 Å². The van der Waals surface area contributed by atoms with Crippen molar-refractivity contribution in [3.8, 4) is 0 Å². The van der Waals surface area contributed by atoms with Crippen LogP contribution >= 0.6 is 0 Å². The molecule has 3 heteroatoms. The van der Waals surface area contributed by atoms with E-state index < -0.39 is 0 Å². The lowest BCUT2D eigenvalue weighted by atomic mass is 10.3. The van der Waals surface area contributed by atoms with Crippen molar-refractivity contribution in [2.75, 3.05) is 11.6 Å². The lowest BCUT2D eigenvalue weighted by molar-refractivity contribution is 0.796. The Kier molecular flexibility index (Phi) is 1.85. The summed E-state index contributed by atoms with van der Waals surface area (Å²) >= 11 is 0. The normalized spacial score (nSPS) is 16.2. The monoisotopic (exact) mass is 175 g/mol. The molecule has 0 unspecified atom stereocenters. The average Bonchev–Trinajstić information content (AvgIpc) is 2.49. The van der Waals surface area contributed by atoms with Crippen molar-refractivity contribution in [1.82, 2.24) is 5.43 Å². The molecule has 0 aromatic heterocycles. The number of hydrogen-bond acceptors (Lipinski definition) is 3.